The van der Waals surface area contributed by atoms with Crippen molar-refractivity contribution in [1.82, 2.24) is 9.88 Å². The minimum atomic E-state index is -0.326. The Balaban J connectivity index is 1.38. The lowest BCUT2D eigenvalue weighted by Crippen LogP contribution is -2.22. The number of fused-ring (bicyclic) bond motifs is 1. The summed E-state index contributed by atoms with van der Waals surface area (Å²) in [5.74, 6) is 1.08. The van der Waals surface area contributed by atoms with Crippen LogP contribution in [-0.4, -0.2) is 29.8 Å². The van der Waals surface area contributed by atoms with Crippen LogP contribution < -0.4 is 14.8 Å². The highest BCUT2D eigenvalue weighted by Gasteiger charge is 2.19. The molecule has 7 nitrogen and oxygen atoms in total. The largest absolute Gasteiger partial charge is 0.462 e. The van der Waals surface area contributed by atoms with E-state index in [9.17, 15) is 9.59 Å². The smallest absolute Gasteiger partial charge is 0.339 e. The number of hydrogen-bond donors (Lipinski definition) is 1. The predicted molar refractivity (Wildman–Crippen MR) is 124 cm³/mol. The highest BCUT2D eigenvalue weighted by atomic mass is 16.7. The molecule has 0 saturated heterocycles. The van der Waals surface area contributed by atoms with E-state index >= 15 is 0 Å². The molecule has 1 aliphatic heterocycles. The number of aromatic nitrogens is 1. The van der Waals surface area contributed by atoms with Crippen LogP contribution in [0.15, 0.2) is 54.6 Å². The highest BCUT2D eigenvalue weighted by Crippen LogP contribution is 2.32. The van der Waals surface area contributed by atoms with Gasteiger partial charge in [-0.25, -0.2) is 4.79 Å². The van der Waals surface area contributed by atoms with E-state index in [4.69, 9.17) is 14.2 Å². The second-order valence-corrected chi connectivity index (χ2v) is 7.83. The lowest BCUT2D eigenvalue weighted by atomic mass is 10.1. The quantitative estimate of drug-likeness (QED) is 0.489. The molecule has 1 N–H and O–H groups in total. The molecule has 0 fully saturated rings. The summed E-state index contributed by atoms with van der Waals surface area (Å²) in [6.07, 6.45) is 1.02. The Bertz CT molecular complexity index is 1140. The first-order valence-electron chi connectivity index (χ1n) is 11.1. The topological polar surface area (TPSA) is 78.8 Å². The van der Waals surface area contributed by atoms with Gasteiger partial charge in [0.2, 0.25) is 12.7 Å². The van der Waals surface area contributed by atoms with Crippen molar-refractivity contribution >= 4 is 11.9 Å². The number of amides is 1. The van der Waals surface area contributed by atoms with E-state index in [1.54, 1.807) is 6.92 Å². The molecule has 1 aromatic heterocycles. The number of hydrogen-bond acceptors (Lipinski definition) is 5. The van der Waals surface area contributed by atoms with E-state index in [1.165, 1.54) is 0 Å². The summed E-state index contributed by atoms with van der Waals surface area (Å²) in [5.41, 5.74) is 4.32. The summed E-state index contributed by atoms with van der Waals surface area (Å²) in [4.78, 5) is 24.8. The van der Waals surface area contributed by atoms with E-state index in [1.807, 2.05) is 61.5 Å². The van der Waals surface area contributed by atoms with Gasteiger partial charge < -0.3 is 24.1 Å². The molecular weight excluding hydrogens is 420 g/mol. The van der Waals surface area contributed by atoms with Crippen molar-refractivity contribution < 1.29 is 23.8 Å². The summed E-state index contributed by atoms with van der Waals surface area (Å²) < 4.78 is 18.0. The second kappa shape index (κ2) is 10.3. The van der Waals surface area contributed by atoms with Gasteiger partial charge in [0.05, 0.1) is 12.2 Å². The summed E-state index contributed by atoms with van der Waals surface area (Å²) in [6, 6.07) is 17.4. The molecule has 0 aliphatic carbocycles. The maximum absolute atomic E-state index is 12.4. The Morgan fingerprint density at radius 3 is 2.64 bits per heavy atom. The van der Waals surface area contributed by atoms with Crippen LogP contribution in [0.5, 0.6) is 11.5 Å². The zero-order chi connectivity index (χ0) is 23.2. The van der Waals surface area contributed by atoms with E-state index in [0.29, 0.717) is 43.9 Å². The maximum Gasteiger partial charge on any atom is 0.339 e. The number of nitrogens with zero attached hydrogens (tertiary/aromatic N) is 1. The number of ether oxygens (including phenoxy) is 3. The summed E-state index contributed by atoms with van der Waals surface area (Å²) >= 11 is 0. The average Bonchev–Trinajstić information content (AvgIpc) is 3.42. The number of nitrogens with one attached hydrogen (secondary N) is 1. The van der Waals surface area contributed by atoms with Crippen molar-refractivity contribution in [3.05, 3.63) is 71.4 Å². The van der Waals surface area contributed by atoms with Crippen molar-refractivity contribution in [2.75, 3.05) is 13.4 Å². The van der Waals surface area contributed by atoms with Crippen molar-refractivity contribution in [1.29, 1.82) is 0 Å². The van der Waals surface area contributed by atoms with Gasteiger partial charge in [-0.15, -0.1) is 0 Å². The molecule has 0 spiro atoms. The first-order chi connectivity index (χ1) is 16.1. The van der Waals surface area contributed by atoms with Crippen LogP contribution in [0, 0.1) is 6.92 Å². The fourth-order valence-corrected chi connectivity index (χ4v) is 3.93. The van der Waals surface area contributed by atoms with Gasteiger partial charge in [-0.05, 0) is 49.6 Å². The number of rotatable bonds is 9. The third-order valence-corrected chi connectivity index (χ3v) is 5.64. The number of esters is 1. The molecule has 0 saturated carbocycles. The van der Waals surface area contributed by atoms with Gasteiger partial charge in [-0.3, -0.25) is 4.79 Å². The third-order valence-electron chi connectivity index (χ3n) is 5.64. The van der Waals surface area contributed by atoms with E-state index in [-0.39, 0.29) is 18.7 Å². The van der Waals surface area contributed by atoms with Gasteiger partial charge in [0, 0.05) is 30.9 Å². The molecule has 4 rings (SSSR count). The SMILES string of the molecule is CCOC(=O)c1cc(-c2ccccc2)n(CCCC(=O)NCc2ccc3c(c2)OCO3)c1C. The molecule has 0 atom stereocenters. The normalized spacial score (nSPS) is 11.9. The van der Waals surface area contributed by atoms with Crippen molar-refractivity contribution in [3.63, 3.8) is 0 Å². The molecule has 3 aromatic rings. The van der Waals surface area contributed by atoms with Crippen LogP contribution in [-0.2, 0) is 22.6 Å². The molecule has 0 bridgehead atoms. The van der Waals surface area contributed by atoms with Gasteiger partial charge in [-0.2, -0.15) is 0 Å². The van der Waals surface area contributed by atoms with Gasteiger partial charge in [0.1, 0.15) is 0 Å². The van der Waals surface area contributed by atoms with Crippen LogP contribution in [0.3, 0.4) is 0 Å². The van der Waals surface area contributed by atoms with Crippen LogP contribution in [0.25, 0.3) is 11.3 Å². The molecule has 7 heteroatoms. The fourth-order valence-electron chi connectivity index (χ4n) is 3.93. The Kier molecular flexibility index (Phi) is 6.98. The zero-order valence-electron chi connectivity index (χ0n) is 18.9. The second-order valence-electron chi connectivity index (χ2n) is 7.83. The number of carbonyl (C=O) groups is 2. The van der Waals surface area contributed by atoms with Crippen molar-refractivity contribution in [2.45, 2.75) is 39.8 Å². The number of benzene rings is 2. The summed E-state index contributed by atoms with van der Waals surface area (Å²) in [7, 11) is 0. The zero-order valence-corrected chi connectivity index (χ0v) is 18.9. The fraction of sp³-hybridized carbons (Fsp3) is 0.308. The molecule has 0 radical (unpaired) electrons. The van der Waals surface area contributed by atoms with E-state index in [0.717, 1.165) is 28.3 Å². The molecule has 33 heavy (non-hydrogen) atoms. The standard InChI is InChI=1S/C26H28N2O5/c1-3-31-26(30)21-15-22(20-8-5-4-6-9-20)28(18(21)2)13-7-10-25(29)27-16-19-11-12-23-24(14-19)33-17-32-23/h4-6,8-9,11-12,14-15H,3,7,10,13,16-17H2,1-2H3,(H,27,29). The molecule has 1 aliphatic rings. The minimum Gasteiger partial charge on any atom is -0.462 e. The van der Waals surface area contributed by atoms with Crippen LogP contribution in [0.1, 0.15) is 41.4 Å². The Labute approximate surface area is 193 Å². The monoisotopic (exact) mass is 448 g/mol. The lowest BCUT2D eigenvalue weighted by molar-refractivity contribution is -0.121. The van der Waals surface area contributed by atoms with E-state index in [2.05, 4.69) is 9.88 Å². The van der Waals surface area contributed by atoms with Gasteiger partial charge >= 0.3 is 5.97 Å². The maximum atomic E-state index is 12.4. The van der Waals surface area contributed by atoms with E-state index < -0.39 is 0 Å². The molecule has 2 heterocycles. The third kappa shape index (κ3) is 5.19. The van der Waals surface area contributed by atoms with Crippen molar-refractivity contribution in [2.24, 2.45) is 0 Å². The molecule has 172 valence electrons. The average molecular weight is 449 g/mol. The lowest BCUT2D eigenvalue weighted by Gasteiger charge is -2.12. The Hall–Kier alpha value is -3.74. The Morgan fingerprint density at radius 2 is 1.85 bits per heavy atom. The van der Waals surface area contributed by atoms with Crippen molar-refractivity contribution in [3.8, 4) is 22.8 Å². The van der Waals surface area contributed by atoms with Gasteiger partial charge in [0.15, 0.2) is 11.5 Å². The highest BCUT2D eigenvalue weighted by molar-refractivity contribution is 5.92. The van der Waals surface area contributed by atoms with Crippen LogP contribution in [0.2, 0.25) is 0 Å². The molecule has 2 aromatic carbocycles. The first kappa shape index (κ1) is 22.5. The Morgan fingerprint density at radius 1 is 1.06 bits per heavy atom. The summed E-state index contributed by atoms with van der Waals surface area (Å²) in [6.45, 7) is 5.32. The van der Waals surface area contributed by atoms with Crippen LogP contribution >= 0.6 is 0 Å². The molecular formula is C26H28N2O5. The van der Waals surface area contributed by atoms with Gasteiger partial charge in [-0.1, -0.05) is 36.4 Å². The first-order valence-corrected chi connectivity index (χ1v) is 11.1. The number of carbonyl (C=O) groups excluding carboxylic acids is 2. The molecule has 1 amide bonds. The van der Waals surface area contributed by atoms with Gasteiger partial charge in [0.25, 0.3) is 0 Å². The molecule has 0 unspecified atom stereocenters. The predicted octanol–water partition coefficient (Wildman–Crippen LogP) is 4.47. The summed E-state index contributed by atoms with van der Waals surface area (Å²) in [5, 5.41) is 2.96. The minimum absolute atomic E-state index is 0.0237. The van der Waals surface area contributed by atoms with Crippen LogP contribution in [0.4, 0.5) is 0 Å².